The normalized spacial score (nSPS) is 11.0. The van der Waals surface area contributed by atoms with Gasteiger partial charge < -0.3 is 14.2 Å². The predicted octanol–water partition coefficient (Wildman–Crippen LogP) is 4.38. The van der Waals surface area contributed by atoms with Crippen LogP contribution >= 0.6 is 0 Å². The molecule has 0 aliphatic rings. The number of ether oxygens (including phenoxy) is 3. The van der Waals surface area contributed by atoms with Crippen molar-refractivity contribution in [2.24, 2.45) is 0 Å². The van der Waals surface area contributed by atoms with Gasteiger partial charge in [0.1, 0.15) is 12.2 Å². The lowest BCUT2D eigenvalue weighted by atomic mass is 10.1. The summed E-state index contributed by atoms with van der Waals surface area (Å²) in [6, 6.07) is 6.36. The monoisotopic (exact) mass is 399 g/mol. The highest BCUT2D eigenvalue weighted by Gasteiger charge is 2.30. The smallest absolute Gasteiger partial charge is 0.416 e. The number of hydrogen-bond acceptors (Lipinski definition) is 6. The Hall–Kier alpha value is -3.30. The Morgan fingerprint density at radius 3 is 2.46 bits per heavy atom. The van der Waals surface area contributed by atoms with E-state index in [-0.39, 0.29) is 23.7 Å². The molecule has 2 rings (SSSR count). The fourth-order valence-corrected chi connectivity index (χ4v) is 2.36. The number of halogens is 3. The Morgan fingerprint density at radius 2 is 1.89 bits per heavy atom. The average Bonchev–Trinajstić information content (AvgIpc) is 2.65. The molecule has 0 saturated heterocycles. The lowest BCUT2D eigenvalue weighted by Gasteiger charge is -2.12. The molecule has 0 radical (unpaired) electrons. The molecule has 0 aliphatic carbocycles. The molecule has 0 bridgehead atoms. The van der Waals surface area contributed by atoms with E-state index in [4.69, 9.17) is 14.2 Å². The number of alkyl halides is 3. The molecule has 0 amide bonds. The second-order valence-corrected chi connectivity index (χ2v) is 5.48. The zero-order valence-corrected chi connectivity index (χ0v) is 14.9. The lowest BCUT2D eigenvalue weighted by molar-refractivity contribution is -0.385. The molecule has 150 valence electrons. The molecule has 0 fully saturated rings. The quantitative estimate of drug-likeness (QED) is 0.390. The van der Waals surface area contributed by atoms with Gasteiger partial charge in [-0.05, 0) is 24.6 Å². The van der Waals surface area contributed by atoms with E-state index < -0.39 is 40.5 Å². The number of methoxy groups -OCH3 is 1. The van der Waals surface area contributed by atoms with Crippen molar-refractivity contribution in [1.82, 2.24) is 0 Å². The van der Waals surface area contributed by atoms with Gasteiger partial charge >= 0.3 is 12.1 Å². The minimum atomic E-state index is -4.54. The van der Waals surface area contributed by atoms with E-state index in [0.717, 1.165) is 24.3 Å². The zero-order chi connectivity index (χ0) is 20.9. The third-order valence-corrected chi connectivity index (χ3v) is 3.62. The Labute approximate surface area is 157 Å². The summed E-state index contributed by atoms with van der Waals surface area (Å²) in [6.45, 7) is 1.39. The maximum absolute atomic E-state index is 12.7. The van der Waals surface area contributed by atoms with Gasteiger partial charge in [-0.2, -0.15) is 13.2 Å². The second-order valence-electron chi connectivity index (χ2n) is 5.48. The number of benzene rings is 2. The topological polar surface area (TPSA) is 87.9 Å². The summed E-state index contributed by atoms with van der Waals surface area (Å²) in [5.41, 5.74) is -1.78. The summed E-state index contributed by atoms with van der Waals surface area (Å²) in [7, 11) is 1.29. The number of nitro benzene ring substituents is 1. The SMILES string of the molecule is CCOc1cc([N+](=O)[O-])c(C(=O)OCc2cccc(C(F)(F)F)c2)cc1OC. The van der Waals surface area contributed by atoms with Crippen LogP contribution in [0.5, 0.6) is 11.5 Å². The summed E-state index contributed by atoms with van der Waals surface area (Å²) in [6.07, 6.45) is -4.54. The molecule has 0 heterocycles. The lowest BCUT2D eigenvalue weighted by Crippen LogP contribution is -2.10. The van der Waals surface area contributed by atoms with Crippen LogP contribution in [0.1, 0.15) is 28.4 Å². The van der Waals surface area contributed by atoms with Crippen molar-refractivity contribution in [2.75, 3.05) is 13.7 Å². The van der Waals surface area contributed by atoms with Crippen molar-refractivity contribution >= 4 is 11.7 Å². The standard InChI is InChI=1S/C18H16F3NO6/c1-3-27-16-9-14(22(24)25)13(8-15(16)26-2)17(23)28-10-11-5-4-6-12(7-11)18(19,20)21/h4-9H,3,10H2,1-2H3. The van der Waals surface area contributed by atoms with Gasteiger partial charge in [0.2, 0.25) is 0 Å². The van der Waals surface area contributed by atoms with Crippen LogP contribution < -0.4 is 9.47 Å². The third-order valence-electron chi connectivity index (χ3n) is 3.62. The number of carbonyl (C=O) groups excluding carboxylic acids is 1. The van der Waals surface area contributed by atoms with Gasteiger partial charge in [-0.25, -0.2) is 4.79 Å². The summed E-state index contributed by atoms with van der Waals surface area (Å²) in [5.74, 6) is -0.921. The summed E-state index contributed by atoms with van der Waals surface area (Å²) in [4.78, 5) is 22.8. The molecule has 2 aromatic carbocycles. The van der Waals surface area contributed by atoms with E-state index in [1.54, 1.807) is 6.92 Å². The molecule has 7 nitrogen and oxygen atoms in total. The van der Waals surface area contributed by atoms with Crippen molar-refractivity contribution in [1.29, 1.82) is 0 Å². The molecule has 0 aromatic heterocycles. The van der Waals surface area contributed by atoms with E-state index in [1.807, 2.05) is 0 Å². The van der Waals surface area contributed by atoms with Crippen molar-refractivity contribution in [3.05, 3.63) is 63.2 Å². The fourth-order valence-electron chi connectivity index (χ4n) is 2.36. The van der Waals surface area contributed by atoms with Crippen LogP contribution in [-0.2, 0) is 17.5 Å². The van der Waals surface area contributed by atoms with E-state index in [0.29, 0.717) is 0 Å². The van der Waals surface area contributed by atoms with Crippen LogP contribution in [0, 0.1) is 10.1 Å². The number of nitro groups is 1. The second kappa shape index (κ2) is 8.59. The van der Waals surface area contributed by atoms with E-state index in [2.05, 4.69) is 0 Å². The number of nitrogens with zero attached hydrogens (tertiary/aromatic N) is 1. The fraction of sp³-hybridized carbons (Fsp3) is 0.278. The van der Waals surface area contributed by atoms with Crippen LogP contribution in [0.2, 0.25) is 0 Å². The number of rotatable bonds is 7. The highest BCUT2D eigenvalue weighted by Crippen LogP contribution is 2.35. The Morgan fingerprint density at radius 1 is 1.18 bits per heavy atom. The van der Waals surface area contributed by atoms with Crippen molar-refractivity contribution in [3.8, 4) is 11.5 Å². The predicted molar refractivity (Wildman–Crippen MR) is 91.4 cm³/mol. The van der Waals surface area contributed by atoms with Crippen LogP contribution in [0.25, 0.3) is 0 Å². The first-order chi connectivity index (χ1) is 13.2. The molecular formula is C18H16F3NO6. The molecule has 0 aliphatic heterocycles. The molecule has 0 saturated carbocycles. The molecule has 10 heteroatoms. The van der Waals surface area contributed by atoms with Crippen molar-refractivity contribution in [2.45, 2.75) is 19.7 Å². The number of carbonyl (C=O) groups is 1. The average molecular weight is 399 g/mol. The summed E-state index contributed by atoms with van der Waals surface area (Å²) >= 11 is 0. The van der Waals surface area contributed by atoms with Gasteiger partial charge in [0.25, 0.3) is 5.69 Å². The Balaban J connectivity index is 2.27. The highest BCUT2D eigenvalue weighted by molar-refractivity contribution is 5.95. The Bertz CT molecular complexity index is 882. The first kappa shape index (κ1) is 21.0. The van der Waals surface area contributed by atoms with Crippen molar-refractivity contribution in [3.63, 3.8) is 0 Å². The minimum absolute atomic E-state index is 0.0751. The van der Waals surface area contributed by atoms with Gasteiger partial charge in [-0.15, -0.1) is 0 Å². The van der Waals surface area contributed by atoms with Crippen LogP contribution in [0.15, 0.2) is 36.4 Å². The maximum Gasteiger partial charge on any atom is 0.416 e. The molecular weight excluding hydrogens is 383 g/mol. The van der Waals surface area contributed by atoms with Crippen LogP contribution in [0.4, 0.5) is 18.9 Å². The summed E-state index contributed by atoms with van der Waals surface area (Å²) < 4.78 is 53.5. The summed E-state index contributed by atoms with van der Waals surface area (Å²) in [5, 5.41) is 11.3. The molecule has 28 heavy (non-hydrogen) atoms. The largest absolute Gasteiger partial charge is 0.493 e. The first-order valence-corrected chi connectivity index (χ1v) is 7.99. The van der Waals surface area contributed by atoms with E-state index in [9.17, 15) is 28.1 Å². The number of esters is 1. The van der Waals surface area contributed by atoms with Gasteiger partial charge in [0.15, 0.2) is 11.5 Å². The molecule has 0 unspecified atom stereocenters. The number of hydrogen-bond donors (Lipinski definition) is 0. The van der Waals surface area contributed by atoms with Crippen LogP contribution in [-0.4, -0.2) is 24.6 Å². The molecule has 0 N–H and O–H groups in total. The zero-order valence-electron chi connectivity index (χ0n) is 14.9. The van der Waals surface area contributed by atoms with E-state index >= 15 is 0 Å². The third kappa shape index (κ3) is 4.90. The molecule has 0 spiro atoms. The maximum atomic E-state index is 12.7. The van der Waals surface area contributed by atoms with Crippen molar-refractivity contribution < 1.29 is 37.1 Å². The highest BCUT2D eigenvalue weighted by atomic mass is 19.4. The Kier molecular flexibility index (Phi) is 6.45. The molecule has 2 aromatic rings. The van der Waals surface area contributed by atoms with Gasteiger partial charge in [-0.1, -0.05) is 12.1 Å². The van der Waals surface area contributed by atoms with Gasteiger partial charge in [0.05, 0.1) is 30.3 Å². The first-order valence-electron chi connectivity index (χ1n) is 7.99. The molecule has 0 atom stereocenters. The van der Waals surface area contributed by atoms with Gasteiger partial charge in [0, 0.05) is 6.07 Å². The van der Waals surface area contributed by atoms with Gasteiger partial charge in [-0.3, -0.25) is 10.1 Å². The van der Waals surface area contributed by atoms with Crippen LogP contribution in [0.3, 0.4) is 0 Å². The van der Waals surface area contributed by atoms with E-state index in [1.165, 1.54) is 19.2 Å². The minimum Gasteiger partial charge on any atom is -0.493 e.